The van der Waals surface area contributed by atoms with Crippen LogP contribution in [-0.2, 0) is 9.53 Å². The van der Waals surface area contributed by atoms with Gasteiger partial charge in [0.2, 0.25) is 0 Å². The zero-order valence-corrected chi connectivity index (χ0v) is 11.9. The number of carbonyl (C=O) groups is 1. The Labute approximate surface area is 119 Å². The van der Waals surface area contributed by atoms with Gasteiger partial charge in [-0.3, -0.25) is 9.69 Å². The molecule has 0 saturated carbocycles. The van der Waals surface area contributed by atoms with E-state index in [2.05, 4.69) is 0 Å². The maximum absolute atomic E-state index is 11.5. The first-order chi connectivity index (χ1) is 9.58. The first kappa shape index (κ1) is 14.8. The molecule has 1 atom stereocenters. The fourth-order valence-electron chi connectivity index (χ4n) is 2.35. The molecule has 0 amide bonds. The van der Waals surface area contributed by atoms with Crippen molar-refractivity contribution in [2.45, 2.75) is 26.0 Å². The molecule has 5 heteroatoms. The van der Waals surface area contributed by atoms with E-state index in [9.17, 15) is 9.90 Å². The van der Waals surface area contributed by atoms with Gasteiger partial charge in [0.05, 0.1) is 19.3 Å². The highest BCUT2D eigenvalue weighted by atomic mass is 16.5. The number of hydrogen-bond donors (Lipinski definition) is 1. The van der Waals surface area contributed by atoms with Gasteiger partial charge in [0, 0.05) is 13.1 Å². The Hall–Kier alpha value is -1.59. The van der Waals surface area contributed by atoms with E-state index in [1.807, 2.05) is 43.0 Å². The normalized spacial score (nSPS) is 17.9. The molecule has 0 bridgehead atoms. The van der Waals surface area contributed by atoms with Crippen molar-refractivity contribution in [1.82, 2.24) is 4.90 Å². The summed E-state index contributed by atoms with van der Waals surface area (Å²) < 4.78 is 10.8. The lowest BCUT2D eigenvalue weighted by molar-refractivity contribution is -0.145. The second-order valence-corrected chi connectivity index (χ2v) is 5.12. The summed E-state index contributed by atoms with van der Waals surface area (Å²) in [7, 11) is 0. The molecule has 1 aromatic rings. The Kier molecular flexibility index (Phi) is 4.98. The summed E-state index contributed by atoms with van der Waals surface area (Å²) in [6.45, 7) is 6.36. The molecule has 20 heavy (non-hydrogen) atoms. The summed E-state index contributed by atoms with van der Waals surface area (Å²) in [6, 6.07) is 6.68. The lowest BCUT2D eigenvalue weighted by Gasteiger charge is -2.32. The number of nitrogens with zero attached hydrogens (tertiary/aromatic N) is 1. The average molecular weight is 279 g/mol. The maximum Gasteiger partial charge on any atom is 0.325 e. The van der Waals surface area contributed by atoms with Crippen molar-refractivity contribution >= 4 is 5.97 Å². The molecule has 0 radical (unpaired) electrons. The van der Waals surface area contributed by atoms with Crippen LogP contribution in [0.15, 0.2) is 24.3 Å². The van der Waals surface area contributed by atoms with E-state index in [0.717, 1.165) is 11.3 Å². The Morgan fingerprint density at radius 3 is 2.35 bits per heavy atom. The molecule has 1 aliphatic heterocycles. The number of carboxylic acids is 1. The van der Waals surface area contributed by atoms with Crippen LogP contribution in [0.2, 0.25) is 0 Å². The van der Waals surface area contributed by atoms with Gasteiger partial charge in [0.25, 0.3) is 0 Å². The van der Waals surface area contributed by atoms with Gasteiger partial charge in [0.1, 0.15) is 11.8 Å². The van der Waals surface area contributed by atoms with Crippen molar-refractivity contribution in [3.05, 3.63) is 29.8 Å². The van der Waals surface area contributed by atoms with Crippen molar-refractivity contribution < 1.29 is 19.4 Å². The molecule has 1 aliphatic rings. The highest BCUT2D eigenvalue weighted by Crippen LogP contribution is 2.24. The van der Waals surface area contributed by atoms with Gasteiger partial charge in [-0.2, -0.15) is 0 Å². The van der Waals surface area contributed by atoms with Gasteiger partial charge in [-0.15, -0.1) is 0 Å². The molecule has 2 rings (SSSR count). The molecule has 1 unspecified atom stereocenters. The van der Waals surface area contributed by atoms with Crippen LogP contribution >= 0.6 is 0 Å². The van der Waals surface area contributed by atoms with Crippen LogP contribution in [0.1, 0.15) is 25.5 Å². The van der Waals surface area contributed by atoms with Crippen molar-refractivity contribution in [1.29, 1.82) is 0 Å². The topological polar surface area (TPSA) is 59.0 Å². The van der Waals surface area contributed by atoms with Crippen LogP contribution in [0.3, 0.4) is 0 Å². The second kappa shape index (κ2) is 6.72. The third kappa shape index (κ3) is 3.71. The summed E-state index contributed by atoms with van der Waals surface area (Å²) in [5.41, 5.74) is 0.774. The van der Waals surface area contributed by atoms with E-state index < -0.39 is 12.0 Å². The first-order valence-electron chi connectivity index (χ1n) is 6.89. The number of morpholine rings is 1. The predicted octanol–water partition coefficient (Wildman–Crippen LogP) is 1.93. The Bertz CT molecular complexity index is 438. The summed E-state index contributed by atoms with van der Waals surface area (Å²) in [6.07, 6.45) is 0.107. The number of carboxylic acid groups (broad SMARTS) is 1. The van der Waals surface area contributed by atoms with Crippen molar-refractivity contribution in [2.24, 2.45) is 0 Å². The third-order valence-corrected chi connectivity index (χ3v) is 3.21. The minimum Gasteiger partial charge on any atom is -0.491 e. The Morgan fingerprint density at radius 2 is 1.85 bits per heavy atom. The molecule has 0 spiro atoms. The zero-order valence-electron chi connectivity index (χ0n) is 11.9. The van der Waals surface area contributed by atoms with Crippen LogP contribution in [0.5, 0.6) is 5.75 Å². The fourth-order valence-corrected chi connectivity index (χ4v) is 2.35. The van der Waals surface area contributed by atoms with E-state index in [0.29, 0.717) is 26.3 Å². The summed E-state index contributed by atoms with van der Waals surface area (Å²) in [4.78, 5) is 13.5. The monoisotopic (exact) mass is 279 g/mol. The van der Waals surface area contributed by atoms with E-state index in [4.69, 9.17) is 9.47 Å². The molecule has 1 aromatic carbocycles. The smallest absolute Gasteiger partial charge is 0.325 e. The quantitative estimate of drug-likeness (QED) is 0.892. The molecule has 110 valence electrons. The fraction of sp³-hybridized carbons (Fsp3) is 0.533. The maximum atomic E-state index is 11.5. The number of aliphatic carboxylic acids is 1. The van der Waals surface area contributed by atoms with E-state index in [-0.39, 0.29) is 6.10 Å². The largest absolute Gasteiger partial charge is 0.491 e. The highest BCUT2D eigenvalue weighted by molar-refractivity contribution is 5.75. The van der Waals surface area contributed by atoms with Crippen molar-refractivity contribution in [3.63, 3.8) is 0 Å². The number of rotatable bonds is 5. The summed E-state index contributed by atoms with van der Waals surface area (Å²) >= 11 is 0. The zero-order chi connectivity index (χ0) is 14.5. The minimum absolute atomic E-state index is 0.107. The lowest BCUT2D eigenvalue weighted by atomic mass is 10.0. The first-order valence-corrected chi connectivity index (χ1v) is 6.89. The van der Waals surface area contributed by atoms with Gasteiger partial charge in [0.15, 0.2) is 0 Å². The molecule has 1 saturated heterocycles. The molecule has 0 aromatic heterocycles. The summed E-state index contributed by atoms with van der Waals surface area (Å²) in [5.74, 6) is -0.0701. The molecule has 1 heterocycles. The van der Waals surface area contributed by atoms with Gasteiger partial charge in [-0.05, 0) is 31.5 Å². The Balaban J connectivity index is 2.14. The van der Waals surface area contributed by atoms with Crippen LogP contribution in [-0.4, -0.2) is 48.4 Å². The van der Waals surface area contributed by atoms with Crippen LogP contribution in [0.25, 0.3) is 0 Å². The SMILES string of the molecule is CC(C)Oc1ccc(C(C(=O)O)N2CCOCC2)cc1. The predicted molar refractivity (Wildman–Crippen MR) is 75.0 cm³/mol. The minimum atomic E-state index is -0.829. The molecule has 0 aliphatic carbocycles. The Morgan fingerprint density at radius 1 is 1.25 bits per heavy atom. The van der Waals surface area contributed by atoms with Gasteiger partial charge >= 0.3 is 5.97 Å². The van der Waals surface area contributed by atoms with Crippen LogP contribution in [0.4, 0.5) is 0 Å². The molecule has 1 fully saturated rings. The summed E-state index contributed by atoms with van der Waals surface area (Å²) in [5, 5.41) is 9.48. The van der Waals surface area contributed by atoms with Gasteiger partial charge in [-0.1, -0.05) is 12.1 Å². The third-order valence-electron chi connectivity index (χ3n) is 3.21. The highest BCUT2D eigenvalue weighted by Gasteiger charge is 2.28. The number of benzene rings is 1. The lowest BCUT2D eigenvalue weighted by Crippen LogP contribution is -2.42. The van der Waals surface area contributed by atoms with E-state index >= 15 is 0 Å². The van der Waals surface area contributed by atoms with Crippen LogP contribution < -0.4 is 4.74 Å². The number of hydrogen-bond acceptors (Lipinski definition) is 4. The van der Waals surface area contributed by atoms with Crippen LogP contribution in [0, 0.1) is 0 Å². The molecular formula is C15H21NO4. The molecule has 5 nitrogen and oxygen atoms in total. The average Bonchev–Trinajstić information content (AvgIpc) is 2.41. The van der Waals surface area contributed by atoms with E-state index in [1.54, 1.807) is 0 Å². The standard InChI is InChI=1S/C15H21NO4/c1-11(2)20-13-5-3-12(4-6-13)14(15(17)18)16-7-9-19-10-8-16/h3-6,11,14H,7-10H2,1-2H3,(H,17,18). The molecular weight excluding hydrogens is 258 g/mol. The van der Waals surface area contributed by atoms with Crippen molar-refractivity contribution in [2.75, 3.05) is 26.3 Å². The number of ether oxygens (including phenoxy) is 2. The molecule has 1 N–H and O–H groups in total. The van der Waals surface area contributed by atoms with E-state index in [1.165, 1.54) is 0 Å². The second-order valence-electron chi connectivity index (χ2n) is 5.12. The van der Waals surface area contributed by atoms with Crippen molar-refractivity contribution in [3.8, 4) is 5.75 Å². The van der Waals surface area contributed by atoms with Gasteiger partial charge in [-0.25, -0.2) is 0 Å². The van der Waals surface area contributed by atoms with Gasteiger partial charge < -0.3 is 14.6 Å².